The molecule has 1 aromatic heterocycles. The quantitative estimate of drug-likeness (QED) is 0.616. The van der Waals surface area contributed by atoms with E-state index < -0.39 is 0 Å². The maximum atomic E-state index is 4.33. The lowest BCUT2D eigenvalue weighted by Gasteiger charge is -1.93. The van der Waals surface area contributed by atoms with Gasteiger partial charge in [0.1, 0.15) is 0 Å². The summed E-state index contributed by atoms with van der Waals surface area (Å²) in [5, 5.41) is 0. The summed E-state index contributed by atoms with van der Waals surface area (Å²) in [6, 6.07) is 13.8. The summed E-state index contributed by atoms with van der Waals surface area (Å²) < 4.78 is 1.16. The molecule has 0 amide bonds. The van der Waals surface area contributed by atoms with Crippen LogP contribution in [0.15, 0.2) is 53.7 Å². The van der Waals surface area contributed by atoms with Crippen LogP contribution in [0.4, 0.5) is 5.69 Å². The fourth-order valence-electron chi connectivity index (χ4n) is 1.15. The Labute approximate surface area is 102 Å². The first kappa shape index (κ1) is 10.3. The van der Waals surface area contributed by atoms with Crippen molar-refractivity contribution < 1.29 is 0 Å². The Hall–Kier alpha value is -1.23. The van der Waals surface area contributed by atoms with Crippen LogP contribution in [0, 0.1) is 3.57 Å². The van der Waals surface area contributed by atoms with E-state index in [9.17, 15) is 0 Å². The zero-order valence-corrected chi connectivity index (χ0v) is 10.1. The molecule has 0 radical (unpaired) electrons. The molecule has 74 valence electrons. The van der Waals surface area contributed by atoms with Gasteiger partial charge >= 0.3 is 0 Å². The van der Waals surface area contributed by atoms with Gasteiger partial charge in [0.05, 0.1) is 17.6 Å². The Morgan fingerprint density at radius 2 is 1.93 bits per heavy atom. The van der Waals surface area contributed by atoms with Crippen molar-refractivity contribution in [3.8, 4) is 0 Å². The third-order valence-corrected chi connectivity index (χ3v) is 2.52. The molecular formula is C12H9IN2. The second-order valence-electron chi connectivity index (χ2n) is 2.99. The standard InChI is InChI=1S/C12H9IN2/c13-10-6-7-14-12(8-10)9-15-11-4-2-1-3-5-11/h1-9H/b15-9+/i13-4. The molecule has 15 heavy (non-hydrogen) atoms. The van der Waals surface area contributed by atoms with E-state index in [4.69, 9.17) is 0 Å². The first-order valence-electron chi connectivity index (χ1n) is 4.55. The lowest BCUT2D eigenvalue weighted by Crippen LogP contribution is -1.86. The van der Waals surface area contributed by atoms with E-state index in [0.717, 1.165) is 15.0 Å². The Morgan fingerprint density at radius 3 is 2.67 bits per heavy atom. The summed E-state index contributed by atoms with van der Waals surface area (Å²) in [4.78, 5) is 8.53. The molecule has 0 atom stereocenters. The summed E-state index contributed by atoms with van der Waals surface area (Å²) in [7, 11) is 0. The summed E-state index contributed by atoms with van der Waals surface area (Å²) in [6.45, 7) is 0. The number of pyridine rings is 1. The van der Waals surface area contributed by atoms with Gasteiger partial charge in [-0.05, 0) is 46.9 Å². The predicted octanol–water partition coefficient (Wildman–Crippen LogP) is 3.44. The number of nitrogens with zero attached hydrogens (tertiary/aromatic N) is 2. The summed E-state index contributed by atoms with van der Waals surface area (Å²) >= 11 is 2.26. The third-order valence-electron chi connectivity index (χ3n) is 1.85. The van der Waals surface area contributed by atoms with E-state index in [1.54, 1.807) is 12.4 Å². The van der Waals surface area contributed by atoms with E-state index in [1.165, 1.54) is 0 Å². The molecule has 0 N–H and O–H groups in total. The highest BCUT2D eigenvalue weighted by atomic mass is 123. The molecule has 0 aliphatic carbocycles. The fourth-order valence-corrected chi connectivity index (χ4v) is 1.63. The number of halogens is 1. The topological polar surface area (TPSA) is 25.2 Å². The van der Waals surface area contributed by atoms with Crippen molar-refractivity contribution in [3.63, 3.8) is 0 Å². The molecule has 0 saturated heterocycles. The molecule has 1 heterocycles. The largest absolute Gasteiger partial charge is 0.255 e. The van der Waals surface area contributed by atoms with Gasteiger partial charge in [-0.25, -0.2) is 0 Å². The van der Waals surface area contributed by atoms with E-state index >= 15 is 0 Å². The Balaban J connectivity index is 2.19. The van der Waals surface area contributed by atoms with Gasteiger partial charge in [-0.2, -0.15) is 0 Å². The maximum Gasteiger partial charge on any atom is 0.0823 e. The van der Waals surface area contributed by atoms with Crippen LogP contribution in [0.2, 0.25) is 0 Å². The van der Waals surface area contributed by atoms with Gasteiger partial charge in [-0.1, -0.05) is 18.2 Å². The molecule has 0 bridgehead atoms. The molecule has 0 unspecified atom stereocenters. The highest BCUT2D eigenvalue weighted by molar-refractivity contribution is 14.1. The maximum absolute atomic E-state index is 4.33. The number of hydrogen-bond donors (Lipinski definition) is 0. The molecule has 2 nitrogen and oxygen atoms in total. The van der Waals surface area contributed by atoms with E-state index in [0.29, 0.717) is 0 Å². The predicted molar refractivity (Wildman–Crippen MR) is 70.7 cm³/mol. The molecular weight excluding hydrogens is 295 g/mol. The smallest absolute Gasteiger partial charge is 0.0823 e. The van der Waals surface area contributed by atoms with Crippen LogP contribution in [0.25, 0.3) is 0 Å². The van der Waals surface area contributed by atoms with E-state index in [-0.39, 0.29) is 0 Å². The third kappa shape index (κ3) is 3.13. The van der Waals surface area contributed by atoms with Crippen LogP contribution >= 0.6 is 22.6 Å². The van der Waals surface area contributed by atoms with Crippen molar-refractivity contribution in [1.82, 2.24) is 4.98 Å². The van der Waals surface area contributed by atoms with Gasteiger partial charge < -0.3 is 0 Å². The van der Waals surface area contributed by atoms with Gasteiger partial charge in [0.15, 0.2) is 0 Å². The SMILES string of the molecule is [123I]c1ccnc(/C=N/c2ccccc2)c1. The number of rotatable bonds is 2. The summed E-state index contributed by atoms with van der Waals surface area (Å²) in [5.74, 6) is 0. The molecule has 0 aliphatic rings. The summed E-state index contributed by atoms with van der Waals surface area (Å²) in [6.07, 6.45) is 3.56. The Bertz CT molecular complexity index is 466. The average Bonchev–Trinajstić information content (AvgIpc) is 2.28. The zero-order chi connectivity index (χ0) is 10.5. The average molecular weight is 304 g/mol. The van der Waals surface area contributed by atoms with Crippen LogP contribution in [0.1, 0.15) is 5.69 Å². The van der Waals surface area contributed by atoms with Gasteiger partial charge in [-0.15, -0.1) is 0 Å². The molecule has 0 fully saturated rings. The fraction of sp³-hybridized carbons (Fsp3) is 0. The normalized spacial score (nSPS) is 10.7. The van der Waals surface area contributed by atoms with Crippen molar-refractivity contribution in [2.75, 3.05) is 0 Å². The summed E-state index contributed by atoms with van der Waals surface area (Å²) in [5.41, 5.74) is 1.82. The molecule has 2 aromatic rings. The Kier molecular flexibility index (Phi) is 3.45. The van der Waals surface area contributed by atoms with Gasteiger partial charge in [0.2, 0.25) is 0 Å². The van der Waals surface area contributed by atoms with E-state index in [2.05, 4.69) is 32.6 Å². The van der Waals surface area contributed by atoms with Gasteiger partial charge in [0, 0.05) is 9.77 Å². The van der Waals surface area contributed by atoms with Crippen molar-refractivity contribution in [1.29, 1.82) is 0 Å². The van der Waals surface area contributed by atoms with Crippen molar-refractivity contribution in [2.45, 2.75) is 0 Å². The van der Waals surface area contributed by atoms with Crippen molar-refractivity contribution in [3.05, 3.63) is 57.9 Å². The first-order valence-corrected chi connectivity index (χ1v) is 5.63. The van der Waals surface area contributed by atoms with E-state index in [1.807, 2.05) is 42.5 Å². The van der Waals surface area contributed by atoms with Crippen LogP contribution in [0.5, 0.6) is 0 Å². The first-order chi connectivity index (χ1) is 7.34. The monoisotopic (exact) mass is 304 g/mol. The number of aromatic nitrogens is 1. The number of aliphatic imine (C=N–C) groups is 1. The molecule has 2 rings (SSSR count). The van der Waals surface area contributed by atoms with Crippen LogP contribution in [-0.4, -0.2) is 11.2 Å². The number of benzene rings is 1. The lowest BCUT2D eigenvalue weighted by atomic mass is 10.3. The molecule has 1 aromatic carbocycles. The Morgan fingerprint density at radius 1 is 1.13 bits per heavy atom. The minimum Gasteiger partial charge on any atom is -0.255 e. The second kappa shape index (κ2) is 5.02. The van der Waals surface area contributed by atoms with Crippen molar-refractivity contribution >= 4 is 34.5 Å². The van der Waals surface area contributed by atoms with Gasteiger partial charge in [-0.3, -0.25) is 9.98 Å². The minimum absolute atomic E-state index is 0.880. The van der Waals surface area contributed by atoms with Crippen molar-refractivity contribution in [2.24, 2.45) is 4.99 Å². The minimum atomic E-state index is 0.880. The molecule has 0 saturated carbocycles. The zero-order valence-electron chi connectivity index (χ0n) is 7.97. The molecule has 0 spiro atoms. The highest BCUT2D eigenvalue weighted by Gasteiger charge is 1.90. The van der Waals surface area contributed by atoms with Crippen LogP contribution < -0.4 is 0 Å². The highest BCUT2D eigenvalue weighted by Crippen LogP contribution is 2.10. The number of hydrogen-bond acceptors (Lipinski definition) is 2. The van der Waals surface area contributed by atoms with Crippen LogP contribution in [-0.2, 0) is 0 Å². The van der Waals surface area contributed by atoms with Gasteiger partial charge in [0.25, 0.3) is 0 Å². The molecule has 3 heteroatoms. The lowest BCUT2D eigenvalue weighted by molar-refractivity contribution is 1.29. The second-order valence-corrected chi connectivity index (χ2v) is 4.24. The van der Waals surface area contributed by atoms with Crippen LogP contribution in [0.3, 0.4) is 0 Å². The number of para-hydroxylation sites is 1. The molecule has 0 aliphatic heterocycles.